The van der Waals surface area contributed by atoms with Gasteiger partial charge in [0.25, 0.3) is 0 Å². The van der Waals surface area contributed by atoms with Crippen molar-refractivity contribution in [2.75, 3.05) is 7.11 Å². The van der Waals surface area contributed by atoms with E-state index in [-0.39, 0.29) is 11.2 Å². The van der Waals surface area contributed by atoms with Crippen LogP contribution in [0.15, 0.2) is 53.9 Å². The molecule has 1 N–H and O–H groups in total. The van der Waals surface area contributed by atoms with Crippen molar-refractivity contribution < 1.29 is 14.3 Å². The fourth-order valence-corrected chi connectivity index (χ4v) is 5.09. The van der Waals surface area contributed by atoms with Gasteiger partial charge in [0.15, 0.2) is 5.78 Å². The van der Waals surface area contributed by atoms with Gasteiger partial charge in [0, 0.05) is 40.6 Å². The number of esters is 1. The first-order chi connectivity index (χ1) is 14.6. The first kappa shape index (κ1) is 21.1. The highest BCUT2D eigenvalue weighted by Gasteiger charge is 2.48. The molecule has 1 aliphatic heterocycles. The Labute approximate surface area is 183 Å². The zero-order chi connectivity index (χ0) is 22.5. The van der Waals surface area contributed by atoms with Gasteiger partial charge in [-0.05, 0) is 37.8 Å². The third kappa shape index (κ3) is 3.50. The molecule has 6 heteroatoms. The van der Waals surface area contributed by atoms with E-state index in [4.69, 9.17) is 9.84 Å². The van der Waals surface area contributed by atoms with Crippen LogP contribution in [-0.2, 0) is 14.3 Å². The topological polar surface area (TPSA) is 73.2 Å². The highest BCUT2D eigenvalue weighted by molar-refractivity contribution is 6.01. The predicted molar refractivity (Wildman–Crippen MR) is 119 cm³/mol. The largest absolute Gasteiger partial charge is 0.468 e. The Morgan fingerprint density at radius 1 is 1.23 bits per heavy atom. The van der Waals surface area contributed by atoms with Gasteiger partial charge in [-0.1, -0.05) is 38.6 Å². The lowest BCUT2D eigenvalue weighted by atomic mass is 9.66. The summed E-state index contributed by atoms with van der Waals surface area (Å²) in [6, 6.07) is 9.85. The van der Waals surface area contributed by atoms with Crippen molar-refractivity contribution in [3.05, 3.63) is 70.8 Å². The summed E-state index contributed by atoms with van der Waals surface area (Å²) in [5.74, 6) is -1.51. The molecule has 0 saturated carbocycles. The maximum Gasteiger partial charge on any atom is 0.315 e. The number of rotatable bonds is 3. The number of aryl methyl sites for hydroxylation is 1. The highest BCUT2D eigenvalue weighted by atomic mass is 16.5. The molecule has 4 rings (SSSR count). The Kier molecular flexibility index (Phi) is 5.12. The smallest absolute Gasteiger partial charge is 0.315 e. The molecule has 0 fully saturated rings. The minimum Gasteiger partial charge on any atom is -0.468 e. The second kappa shape index (κ2) is 7.52. The van der Waals surface area contributed by atoms with E-state index < -0.39 is 17.8 Å². The van der Waals surface area contributed by atoms with Crippen molar-refractivity contribution in [2.45, 2.75) is 46.5 Å². The monoisotopic (exact) mass is 419 g/mol. The number of para-hydroxylation sites is 1. The number of nitrogens with zero attached hydrogens (tertiary/aromatic N) is 2. The number of Topliss-reactive ketones (excluding diaryl/α,β-unsaturated/α-hetero) is 1. The maximum atomic E-state index is 13.4. The number of aromatic nitrogens is 2. The number of hydrogen-bond donors (Lipinski definition) is 1. The summed E-state index contributed by atoms with van der Waals surface area (Å²) in [5.41, 5.74) is 5.46. The van der Waals surface area contributed by atoms with E-state index >= 15 is 0 Å². The summed E-state index contributed by atoms with van der Waals surface area (Å²) < 4.78 is 7.01. The molecule has 162 valence electrons. The Balaban J connectivity index is 1.95. The van der Waals surface area contributed by atoms with E-state index in [9.17, 15) is 9.59 Å². The van der Waals surface area contributed by atoms with Crippen molar-refractivity contribution in [1.29, 1.82) is 0 Å². The van der Waals surface area contributed by atoms with E-state index in [1.165, 1.54) is 7.11 Å². The van der Waals surface area contributed by atoms with E-state index in [0.29, 0.717) is 17.7 Å². The van der Waals surface area contributed by atoms with Crippen molar-refractivity contribution in [1.82, 2.24) is 15.1 Å². The van der Waals surface area contributed by atoms with Crippen LogP contribution in [0.3, 0.4) is 0 Å². The fraction of sp³-hybridized carbons (Fsp3) is 0.400. The number of carbonyl (C=O) groups excluding carboxylic acids is 2. The van der Waals surface area contributed by atoms with Crippen LogP contribution in [0.2, 0.25) is 0 Å². The highest BCUT2D eigenvalue weighted by Crippen LogP contribution is 2.49. The van der Waals surface area contributed by atoms with Crippen molar-refractivity contribution in [2.24, 2.45) is 11.3 Å². The van der Waals surface area contributed by atoms with Gasteiger partial charge in [0.2, 0.25) is 0 Å². The molecule has 6 nitrogen and oxygen atoms in total. The molecule has 1 aromatic carbocycles. The Morgan fingerprint density at radius 2 is 1.90 bits per heavy atom. The van der Waals surface area contributed by atoms with Gasteiger partial charge in [-0.3, -0.25) is 9.59 Å². The van der Waals surface area contributed by atoms with E-state index in [2.05, 4.69) is 25.7 Å². The molecular weight excluding hydrogens is 390 g/mol. The van der Waals surface area contributed by atoms with E-state index in [0.717, 1.165) is 34.8 Å². The Morgan fingerprint density at radius 3 is 2.55 bits per heavy atom. The van der Waals surface area contributed by atoms with Gasteiger partial charge in [0.1, 0.15) is 5.92 Å². The van der Waals surface area contributed by atoms with E-state index in [1.54, 1.807) is 0 Å². The Hall–Kier alpha value is -3.15. The molecule has 0 saturated heterocycles. The minimum absolute atomic E-state index is 0.0661. The number of ketones is 1. The molecule has 1 aromatic heterocycles. The minimum atomic E-state index is -0.695. The fourth-order valence-electron chi connectivity index (χ4n) is 5.09. The molecule has 2 unspecified atom stereocenters. The van der Waals surface area contributed by atoms with Crippen LogP contribution in [-0.4, -0.2) is 28.6 Å². The zero-order valence-corrected chi connectivity index (χ0v) is 18.8. The molecular formula is C25H29N3O3. The Bertz CT molecular complexity index is 1110. The van der Waals surface area contributed by atoms with Crippen LogP contribution in [0.4, 0.5) is 0 Å². The van der Waals surface area contributed by atoms with Crippen LogP contribution in [0.5, 0.6) is 0 Å². The standard InChI is InChI=1S/C25H29N3O3/c1-14-21(24(30)31-6)23(22-18(26-14)12-25(4,5)13-19(22)29)20-15(2)27-28(16(20)3)17-10-8-7-9-11-17/h7-11,21,23,26H,1,12-13H2,2-6H3. The molecule has 2 atom stereocenters. The molecule has 0 spiro atoms. The van der Waals surface area contributed by atoms with E-state index in [1.807, 2.05) is 48.9 Å². The lowest BCUT2D eigenvalue weighted by molar-refractivity contribution is -0.144. The van der Waals surface area contributed by atoms with Crippen LogP contribution < -0.4 is 5.32 Å². The van der Waals surface area contributed by atoms with Gasteiger partial charge >= 0.3 is 5.97 Å². The average molecular weight is 420 g/mol. The van der Waals surface area contributed by atoms with Gasteiger partial charge in [-0.2, -0.15) is 5.10 Å². The number of carbonyl (C=O) groups is 2. The maximum absolute atomic E-state index is 13.4. The number of nitrogens with one attached hydrogen (secondary N) is 1. The third-order valence-electron chi connectivity index (χ3n) is 6.37. The summed E-state index contributed by atoms with van der Waals surface area (Å²) in [6.07, 6.45) is 1.16. The summed E-state index contributed by atoms with van der Waals surface area (Å²) >= 11 is 0. The second-order valence-corrected chi connectivity index (χ2v) is 9.29. The summed E-state index contributed by atoms with van der Waals surface area (Å²) in [6.45, 7) is 12.2. The first-order valence-electron chi connectivity index (χ1n) is 10.6. The van der Waals surface area contributed by atoms with Crippen LogP contribution in [0, 0.1) is 25.2 Å². The third-order valence-corrected chi connectivity index (χ3v) is 6.37. The van der Waals surface area contributed by atoms with Crippen LogP contribution in [0.1, 0.15) is 49.6 Å². The molecule has 0 radical (unpaired) electrons. The summed E-state index contributed by atoms with van der Waals surface area (Å²) in [7, 11) is 1.37. The molecule has 2 heterocycles. The number of ether oxygens (including phenoxy) is 1. The summed E-state index contributed by atoms with van der Waals surface area (Å²) in [4.78, 5) is 26.3. The molecule has 2 aromatic rings. The first-order valence-corrected chi connectivity index (χ1v) is 10.6. The number of methoxy groups -OCH3 is 1. The molecule has 0 bridgehead atoms. The second-order valence-electron chi connectivity index (χ2n) is 9.29. The summed E-state index contributed by atoms with van der Waals surface area (Å²) in [5, 5.41) is 8.06. The molecule has 1 aliphatic carbocycles. The van der Waals surface area contributed by atoms with Gasteiger partial charge in [-0.15, -0.1) is 0 Å². The average Bonchev–Trinajstić information content (AvgIpc) is 3.00. The molecule has 31 heavy (non-hydrogen) atoms. The lowest BCUT2D eigenvalue weighted by Gasteiger charge is -2.42. The van der Waals surface area contributed by atoms with Gasteiger partial charge in [-0.25, -0.2) is 4.68 Å². The van der Waals surface area contributed by atoms with Crippen molar-refractivity contribution in [3.63, 3.8) is 0 Å². The number of hydrogen-bond acceptors (Lipinski definition) is 5. The van der Waals surface area contributed by atoms with Crippen molar-refractivity contribution >= 4 is 11.8 Å². The number of allylic oxidation sites excluding steroid dienone is 2. The SMILES string of the molecule is C=C1NC2=C(C(=O)CC(C)(C)C2)C(c2c(C)nn(-c3ccccc3)c2C)C1C(=O)OC. The van der Waals surface area contributed by atoms with Crippen LogP contribution >= 0.6 is 0 Å². The zero-order valence-electron chi connectivity index (χ0n) is 18.8. The van der Waals surface area contributed by atoms with Gasteiger partial charge in [0.05, 0.1) is 18.5 Å². The van der Waals surface area contributed by atoms with Crippen molar-refractivity contribution in [3.8, 4) is 5.69 Å². The number of benzene rings is 1. The quantitative estimate of drug-likeness (QED) is 0.758. The van der Waals surface area contributed by atoms with Gasteiger partial charge < -0.3 is 10.1 Å². The van der Waals surface area contributed by atoms with Crippen LogP contribution in [0.25, 0.3) is 5.69 Å². The lowest BCUT2D eigenvalue weighted by Crippen LogP contribution is -2.43. The predicted octanol–water partition coefficient (Wildman–Crippen LogP) is 4.12. The molecule has 0 amide bonds. The molecule has 2 aliphatic rings. The normalized spacial score (nSPS) is 22.7.